The molecule has 53 heavy (non-hydrogen) atoms. The molecule has 0 fully saturated rings. The monoisotopic (exact) mass is 678 g/mol. The molecule has 9 rings (SSSR count). The van der Waals surface area contributed by atoms with Crippen LogP contribution >= 0.6 is 0 Å². The van der Waals surface area contributed by atoms with Crippen molar-refractivity contribution in [3.8, 4) is 56.9 Å². The zero-order valence-electron chi connectivity index (χ0n) is 28.5. The van der Waals surface area contributed by atoms with E-state index in [0.717, 1.165) is 33.6 Å². The van der Waals surface area contributed by atoms with E-state index in [-0.39, 0.29) is 0 Å². The maximum Gasteiger partial charge on any atom is 0.0992 e. The van der Waals surface area contributed by atoms with Gasteiger partial charge in [0.25, 0.3) is 0 Å². The minimum atomic E-state index is -0.599. The number of nitrogens with one attached hydrogen (secondary N) is 1. The standard InChI is InChI=1S/C47H30N6/c48-27-31-19-21-50-45(23-31)43-17-13-35(29-52-43)33-11-15-39-40-16-12-34(36-14-18-44(53-30-36)46-24-32(28-49)20-22-51-46)26-42(40)47(41(39)25-33,37-7-3-1-4-8-37)38-9-5-2-6-10-38/h1-21,23-26,29-30,51H,22H2. The van der Waals surface area contributed by atoms with Crippen molar-refractivity contribution in [2.24, 2.45) is 0 Å². The second-order valence-corrected chi connectivity index (χ2v) is 13.1. The van der Waals surface area contributed by atoms with Crippen LogP contribution in [0.5, 0.6) is 0 Å². The Kier molecular flexibility index (Phi) is 7.77. The van der Waals surface area contributed by atoms with Crippen molar-refractivity contribution >= 4 is 5.70 Å². The van der Waals surface area contributed by atoms with Gasteiger partial charge in [-0.05, 0) is 93.1 Å². The van der Waals surface area contributed by atoms with E-state index in [0.29, 0.717) is 29.1 Å². The average molecular weight is 679 g/mol. The van der Waals surface area contributed by atoms with Gasteiger partial charge in [-0.2, -0.15) is 10.5 Å². The molecule has 4 heterocycles. The summed E-state index contributed by atoms with van der Waals surface area (Å²) in [4.78, 5) is 14.0. The Morgan fingerprint density at radius 1 is 0.547 bits per heavy atom. The lowest BCUT2D eigenvalue weighted by Crippen LogP contribution is -2.28. The molecule has 1 aliphatic carbocycles. The van der Waals surface area contributed by atoms with Gasteiger partial charge >= 0.3 is 0 Å². The van der Waals surface area contributed by atoms with Crippen LogP contribution in [0, 0.1) is 22.7 Å². The lowest BCUT2D eigenvalue weighted by Gasteiger charge is -2.34. The van der Waals surface area contributed by atoms with Crippen molar-refractivity contribution < 1.29 is 0 Å². The number of fused-ring (bicyclic) bond motifs is 3. The molecule has 0 atom stereocenters. The number of benzene rings is 4. The van der Waals surface area contributed by atoms with Crippen molar-refractivity contribution in [2.45, 2.75) is 5.41 Å². The Bertz CT molecular complexity index is 2620. The highest BCUT2D eigenvalue weighted by Gasteiger charge is 2.46. The predicted molar refractivity (Wildman–Crippen MR) is 208 cm³/mol. The van der Waals surface area contributed by atoms with E-state index in [4.69, 9.17) is 9.97 Å². The molecule has 0 spiro atoms. The third-order valence-corrected chi connectivity index (χ3v) is 10.2. The third-order valence-electron chi connectivity index (χ3n) is 10.2. The summed E-state index contributed by atoms with van der Waals surface area (Å²) in [6.45, 7) is 0.601. The smallest absolute Gasteiger partial charge is 0.0992 e. The molecule has 1 aliphatic heterocycles. The highest BCUT2D eigenvalue weighted by atomic mass is 14.9. The Morgan fingerprint density at radius 2 is 1.13 bits per heavy atom. The summed E-state index contributed by atoms with van der Waals surface area (Å²) in [5.74, 6) is 0. The summed E-state index contributed by atoms with van der Waals surface area (Å²) >= 11 is 0. The van der Waals surface area contributed by atoms with Crippen molar-refractivity contribution in [1.29, 1.82) is 10.5 Å². The number of nitrogens with zero attached hydrogens (tertiary/aromatic N) is 5. The molecular formula is C47H30N6. The van der Waals surface area contributed by atoms with Crippen molar-refractivity contribution in [3.63, 3.8) is 0 Å². The minimum Gasteiger partial charge on any atom is -0.380 e. The fourth-order valence-corrected chi connectivity index (χ4v) is 7.71. The van der Waals surface area contributed by atoms with Crippen LogP contribution in [0.1, 0.15) is 33.5 Å². The van der Waals surface area contributed by atoms with E-state index in [1.165, 1.54) is 33.4 Å². The normalized spacial score (nSPS) is 13.7. The van der Waals surface area contributed by atoms with Crippen LogP contribution in [-0.4, -0.2) is 21.5 Å². The van der Waals surface area contributed by atoms with Gasteiger partial charge in [0, 0.05) is 36.3 Å². The molecule has 7 aromatic rings. The van der Waals surface area contributed by atoms with Gasteiger partial charge in [0.1, 0.15) is 0 Å². The van der Waals surface area contributed by atoms with Crippen LogP contribution in [0.2, 0.25) is 0 Å². The van der Waals surface area contributed by atoms with Crippen LogP contribution < -0.4 is 5.32 Å². The number of pyridine rings is 3. The minimum absolute atomic E-state index is 0.552. The molecule has 248 valence electrons. The van der Waals surface area contributed by atoms with Crippen molar-refractivity contribution in [1.82, 2.24) is 20.3 Å². The van der Waals surface area contributed by atoms with E-state index in [2.05, 4.69) is 132 Å². The van der Waals surface area contributed by atoms with E-state index < -0.39 is 5.41 Å². The molecule has 2 aliphatic rings. The van der Waals surface area contributed by atoms with Crippen molar-refractivity contribution in [2.75, 3.05) is 6.54 Å². The van der Waals surface area contributed by atoms with Crippen LogP contribution in [0.4, 0.5) is 0 Å². The second-order valence-electron chi connectivity index (χ2n) is 13.1. The summed E-state index contributed by atoms with van der Waals surface area (Å²) < 4.78 is 0. The summed E-state index contributed by atoms with van der Waals surface area (Å²) in [6.07, 6.45) is 9.16. The van der Waals surface area contributed by atoms with E-state index >= 15 is 0 Å². The van der Waals surface area contributed by atoms with Gasteiger partial charge in [-0.3, -0.25) is 15.0 Å². The quantitative estimate of drug-likeness (QED) is 0.188. The predicted octanol–water partition coefficient (Wildman–Crippen LogP) is 9.50. The summed E-state index contributed by atoms with van der Waals surface area (Å²) in [6, 6.07) is 51.1. The Labute approximate surface area is 307 Å². The van der Waals surface area contributed by atoms with Crippen LogP contribution in [0.15, 0.2) is 170 Å². The van der Waals surface area contributed by atoms with Gasteiger partial charge in [-0.25, -0.2) is 0 Å². The molecule has 6 heteroatoms. The molecule has 0 amide bonds. The zero-order valence-corrected chi connectivity index (χ0v) is 28.5. The fraction of sp³-hybridized carbons (Fsp3) is 0.0426. The molecule has 0 bridgehead atoms. The van der Waals surface area contributed by atoms with Gasteiger partial charge in [-0.1, -0.05) is 97.1 Å². The van der Waals surface area contributed by atoms with E-state index in [1.54, 1.807) is 18.3 Å². The van der Waals surface area contributed by atoms with Gasteiger partial charge < -0.3 is 5.32 Å². The number of allylic oxidation sites excluding steroid dienone is 2. The van der Waals surface area contributed by atoms with Crippen LogP contribution in [0.25, 0.3) is 50.5 Å². The number of hydrogen-bond donors (Lipinski definition) is 1. The first-order valence-corrected chi connectivity index (χ1v) is 17.4. The van der Waals surface area contributed by atoms with E-state index in [9.17, 15) is 10.5 Å². The molecule has 4 aromatic carbocycles. The highest BCUT2D eigenvalue weighted by molar-refractivity contribution is 5.90. The first-order valence-electron chi connectivity index (χ1n) is 17.4. The molecule has 0 radical (unpaired) electrons. The number of nitriles is 2. The topological polar surface area (TPSA) is 98.3 Å². The number of hydrogen-bond acceptors (Lipinski definition) is 6. The Balaban J connectivity index is 1.19. The first kappa shape index (κ1) is 31.6. The lowest BCUT2D eigenvalue weighted by atomic mass is 9.67. The number of dihydropyridines is 1. The van der Waals surface area contributed by atoms with Crippen molar-refractivity contribution in [3.05, 3.63) is 203 Å². The van der Waals surface area contributed by atoms with Gasteiger partial charge in [0.15, 0.2) is 0 Å². The first-order chi connectivity index (χ1) is 26.1. The Hall–Kier alpha value is -7.41. The maximum absolute atomic E-state index is 9.41. The molecule has 0 saturated carbocycles. The van der Waals surface area contributed by atoms with Gasteiger partial charge in [0.2, 0.25) is 0 Å². The van der Waals surface area contributed by atoms with Crippen LogP contribution in [0.3, 0.4) is 0 Å². The third kappa shape index (κ3) is 5.38. The molecule has 0 saturated heterocycles. The Morgan fingerprint density at radius 3 is 1.68 bits per heavy atom. The van der Waals surface area contributed by atoms with Gasteiger partial charge in [-0.15, -0.1) is 0 Å². The lowest BCUT2D eigenvalue weighted by molar-refractivity contribution is 0.769. The second kappa shape index (κ2) is 13.0. The average Bonchev–Trinajstić information content (AvgIpc) is 3.54. The number of aromatic nitrogens is 3. The maximum atomic E-state index is 9.41. The molecule has 6 nitrogen and oxygen atoms in total. The molecule has 0 unspecified atom stereocenters. The van der Waals surface area contributed by atoms with E-state index in [1.807, 2.05) is 36.7 Å². The van der Waals surface area contributed by atoms with Gasteiger partial charge in [0.05, 0.1) is 51.5 Å². The zero-order chi connectivity index (χ0) is 35.8. The van der Waals surface area contributed by atoms with Crippen LogP contribution in [-0.2, 0) is 5.41 Å². The summed E-state index contributed by atoms with van der Waals surface area (Å²) in [7, 11) is 0. The highest BCUT2D eigenvalue weighted by Crippen LogP contribution is 2.57. The molecular weight excluding hydrogens is 649 g/mol. The molecule has 1 N–H and O–H groups in total. The number of rotatable bonds is 6. The molecule has 3 aromatic heterocycles. The summed E-state index contributed by atoms with van der Waals surface area (Å²) in [5, 5.41) is 22.1. The summed E-state index contributed by atoms with van der Waals surface area (Å²) in [5.41, 5.74) is 14.9. The largest absolute Gasteiger partial charge is 0.380 e. The fourth-order valence-electron chi connectivity index (χ4n) is 7.71. The SMILES string of the molecule is N#CC1=CCNC(c2ccc(-c3ccc4c(c3)C(c3ccccc3)(c3ccccc3)c3cc(-c5ccc(-c6cc(C#N)ccn6)nc5)ccc3-4)cn2)=C1.